The van der Waals surface area contributed by atoms with E-state index in [1.54, 1.807) is 6.92 Å². The van der Waals surface area contributed by atoms with E-state index in [9.17, 15) is 19.2 Å². The first-order valence-electron chi connectivity index (χ1n) is 13.2. The van der Waals surface area contributed by atoms with E-state index in [-0.39, 0.29) is 30.5 Å². The molecule has 38 heavy (non-hydrogen) atoms. The number of ether oxygens (including phenoxy) is 3. The number of esters is 3. The molecule has 3 aliphatic carbocycles. The van der Waals surface area contributed by atoms with Gasteiger partial charge in [-0.05, 0) is 65.2 Å². The van der Waals surface area contributed by atoms with Crippen LogP contribution in [0.2, 0.25) is 0 Å². The molecule has 0 radical (unpaired) electrons. The van der Waals surface area contributed by atoms with Gasteiger partial charge in [0.05, 0.1) is 6.42 Å². The maximum Gasteiger partial charge on any atom is 0.311 e. The molecule has 0 saturated heterocycles. The van der Waals surface area contributed by atoms with Gasteiger partial charge < -0.3 is 14.2 Å². The van der Waals surface area contributed by atoms with Crippen LogP contribution in [0.25, 0.3) is 0 Å². The SMILES string of the molecule is C=C1C2[C@H](OC(C)=O)C3CC(=O)C(C)=C([C@@H](OC(C)=O)CC2(C)CC[C@@H]1OC(=O)Cc1cccs1)C3(C)C. The zero-order chi connectivity index (χ0) is 28.0. The summed E-state index contributed by atoms with van der Waals surface area (Å²) in [5.41, 5.74) is 1.04. The summed E-state index contributed by atoms with van der Waals surface area (Å²) in [5, 5.41) is 1.92. The Bertz CT molecular complexity index is 1180. The lowest BCUT2D eigenvalue weighted by molar-refractivity contribution is -0.172. The van der Waals surface area contributed by atoms with Crippen LogP contribution in [0.5, 0.6) is 0 Å². The summed E-state index contributed by atoms with van der Waals surface area (Å²) >= 11 is 1.50. The van der Waals surface area contributed by atoms with E-state index in [1.165, 1.54) is 25.2 Å². The monoisotopic (exact) mass is 542 g/mol. The number of carbonyl (C=O) groups excluding carboxylic acids is 4. The van der Waals surface area contributed by atoms with Gasteiger partial charge in [-0.15, -0.1) is 11.3 Å². The maximum absolute atomic E-state index is 13.3. The van der Waals surface area contributed by atoms with Crippen molar-refractivity contribution in [2.24, 2.45) is 22.7 Å². The average Bonchev–Trinajstić information content (AvgIpc) is 3.29. The summed E-state index contributed by atoms with van der Waals surface area (Å²) < 4.78 is 17.9. The third-order valence-electron chi connectivity index (χ3n) is 8.87. The summed E-state index contributed by atoms with van der Waals surface area (Å²) in [6, 6.07) is 3.79. The molecule has 1 heterocycles. The fourth-order valence-electron chi connectivity index (χ4n) is 7.20. The van der Waals surface area contributed by atoms with E-state index in [0.717, 1.165) is 10.5 Å². The molecule has 0 amide bonds. The van der Waals surface area contributed by atoms with E-state index in [0.29, 0.717) is 30.4 Å². The van der Waals surface area contributed by atoms with Gasteiger partial charge in [0.15, 0.2) is 5.78 Å². The molecule has 206 valence electrons. The molecule has 1 aromatic rings. The van der Waals surface area contributed by atoms with Gasteiger partial charge in [-0.1, -0.05) is 33.4 Å². The summed E-state index contributed by atoms with van der Waals surface area (Å²) in [5.74, 6) is -1.97. The Hall–Kier alpha value is -2.74. The number of Topliss-reactive ketones (excluding diaryl/α,β-unsaturated/α-hetero) is 1. The van der Waals surface area contributed by atoms with E-state index >= 15 is 0 Å². The van der Waals surface area contributed by atoms with Crippen molar-refractivity contribution in [1.82, 2.24) is 0 Å². The van der Waals surface area contributed by atoms with Gasteiger partial charge in [-0.25, -0.2) is 0 Å². The van der Waals surface area contributed by atoms with Crippen LogP contribution in [0.4, 0.5) is 0 Å². The molecule has 8 heteroatoms. The van der Waals surface area contributed by atoms with E-state index < -0.39 is 47.0 Å². The lowest BCUT2D eigenvalue weighted by Gasteiger charge is -2.57. The number of thiophene rings is 1. The van der Waals surface area contributed by atoms with Gasteiger partial charge in [-0.3, -0.25) is 19.2 Å². The van der Waals surface area contributed by atoms with Crippen molar-refractivity contribution in [2.75, 3.05) is 0 Å². The Morgan fingerprint density at radius 1 is 1.08 bits per heavy atom. The number of hydrogen-bond acceptors (Lipinski definition) is 8. The molecule has 3 aliphatic rings. The van der Waals surface area contributed by atoms with Crippen LogP contribution in [0, 0.1) is 22.7 Å². The molecule has 3 unspecified atom stereocenters. The Morgan fingerprint density at radius 3 is 2.37 bits per heavy atom. The van der Waals surface area contributed by atoms with Crippen LogP contribution in [0.3, 0.4) is 0 Å². The summed E-state index contributed by atoms with van der Waals surface area (Å²) in [4.78, 5) is 51.7. The predicted molar refractivity (Wildman–Crippen MR) is 143 cm³/mol. The zero-order valence-corrected chi connectivity index (χ0v) is 23.9. The van der Waals surface area contributed by atoms with Crippen LogP contribution in [-0.2, 0) is 39.8 Å². The van der Waals surface area contributed by atoms with Crippen LogP contribution in [0.1, 0.15) is 72.1 Å². The second-order valence-electron chi connectivity index (χ2n) is 11.9. The first kappa shape index (κ1) is 28.3. The molecular formula is C30H38O7S. The molecule has 0 aromatic carbocycles. The van der Waals surface area contributed by atoms with Crippen molar-refractivity contribution in [3.05, 3.63) is 45.7 Å². The highest BCUT2D eigenvalue weighted by Gasteiger charge is 2.59. The molecule has 0 N–H and O–H groups in total. The molecule has 4 rings (SSSR count). The first-order chi connectivity index (χ1) is 17.7. The summed E-state index contributed by atoms with van der Waals surface area (Å²) in [7, 11) is 0. The Labute approximate surface area is 228 Å². The van der Waals surface area contributed by atoms with Gasteiger partial charge in [0.2, 0.25) is 0 Å². The highest BCUT2D eigenvalue weighted by Crippen LogP contribution is 2.59. The molecule has 0 spiro atoms. The zero-order valence-electron chi connectivity index (χ0n) is 23.1. The molecule has 1 aromatic heterocycles. The van der Waals surface area contributed by atoms with Crippen LogP contribution in [-0.4, -0.2) is 42.0 Å². The molecule has 6 atom stereocenters. The van der Waals surface area contributed by atoms with E-state index in [1.807, 2.05) is 31.4 Å². The number of fused-ring (bicyclic) bond motifs is 3. The second-order valence-corrected chi connectivity index (χ2v) is 12.9. The minimum Gasteiger partial charge on any atom is -0.462 e. The quantitative estimate of drug-likeness (QED) is 0.280. The van der Waals surface area contributed by atoms with Crippen molar-refractivity contribution in [1.29, 1.82) is 0 Å². The highest BCUT2D eigenvalue weighted by atomic mass is 32.1. The van der Waals surface area contributed by atoms with Crippen LogP contribution >= 0.6 is 11.3 Å². The number of carbonyl (C=O) groups is 4. The van der Waals surface area contributed by atoms with Gasteiger partial charge in [0.25, 0.3) is 0 Å². The Kier molecular flexibility index (Phi) is 7.77. The molecule has 0 aliphatic heterocycles. The van der Waals surface area contributed by atoms with Crippen LogP contribution in [0.15, 0.2) is 40.8 Å². The summed E-state index contributed by atoms with van der Waals surface area (Å²) in [6.45, 7) is 15.1. The molecule has 2 bridgehead atoms. The van der Waals surface area contributed by atoms with E-state index in [4.69, 9.17) is 14.2 Å². The second kappa shape index (κ2) is 10.4. The topological polar surface area (TPSA) is 96.0 Å². The average molecular weight is 543 g/mol. The van der Waals surface area contributed by atoms with Crippen molar-refractivity contribution in [3.63, 3.8) is 0 Å². The molecule has 2 fully saturated rings. The minimum atomic E-state index is -0.649. The highest BCUT2D eigenvalue weighted by molar-refractivity contribution is 7.10. The largest absolute Gasteiger partial charge is 0.462 e. The van der Waals surface area contributed by atoms with Gasteiger partial charge in [0.1, 0.15) is 18.3 Å². The van der Waals surface area contributed by atoms with Crippen molar-refractivity contribution >= 4 is 35.0 Å². The van der Waals surface area contributed by atoms with Gasteiger partial charge in [-0.2, -0.15) is 0 Å². The third kappa shape index (κ3) is 5.24. The van der Waals surface area contributed by atoms with Crippen molar-refractivity contribution < 1.29 is 33.4 Å². The maximum atomic E-state index is 13.3. The third-order valence-corrected chi connectivity index (χ3v) is 9.75. The first-order valence-corrected chi connectivity index (χ1v) is 14.1. The minimum absolute atomic E-state index is 0.0393. The number of ketones is 1. The normalized spacial score (nSPS) is 32.5. The standard InChI is InChI=1S/C30H38O7S/c1-16-22(33)14-21-28(36-19(4)32)27-17(2)23(37-25(34)13-20-9-8-12-38-20)10-11-30(27,7)15-24(35-18(3)31)26(16)29(21,5)6/h8-9,12,21,23-24,27-28H,2,10-11,13-15H2,1,3-7H3/t21?,23-,24-,27?,28+,30?/m0/s1. The lowest BCUT2D eigenvalue weighted by atomic mass is 9.50. The number of allylic oxidation sites excluding steroid dienone is 1. The fraction of sp³-hybridized carbons (Fsp3) is 0.600. The predicted octanol–water partition coefficient (Wildman–Crippen LogP) is 5.37. The van der Waals surface area contributed by atoms with Crippen molar-refractivity contribution in [3.8, 4) is 0 Å². The number of hydrogen-bond donors (Lipinski definition) is 0. The lowest BCUT2D eigenvalue weighted by Crippen LogP contribution is -2.58. The van der Waals surface area contributed by atoms with Crippen molar-refractivity contribution in [2.45, 2.75) is 92.0 Å². The summed E-state index contributed by atoms with van der Waals surface area (Å²) in [6.07, 6.45) is 0.265. The number of rotatable bonds is 5. The fourth-order valence-corrected chi connectivity index (χ4v) is 7.89. The Balaban J connectivity index is 1.77. The Morgan fingerprint density at radius 2 is 1.76 bits per heavy atom. The van der Waals surface area contributed by atoms with Crippen LogP contribution < -0.4 is 0 Å². The van der Waals surface area contributed by atoms with Gasteiger partial charge in [0, 0.05) is 37.0 Å². The van der Waals surface area contributed by atoms with Gasteiger partial charge >= 0.3 is 17.9 Å². The molecule has 7 nitrogen and oxygen atoms in total. The molecule has 2 saturated carbocycles. The van der Waals surface area contributed by atoms with E-state index in [2.05, 4.69) is 13.5 Å². The molecular weight excluding hydrogens is 504 g/mol. The smallest absolute Gasteiger partial charge is 0.311 e.